The highest BCUT2D eigenvalue weighted by atomic mass is 14.8. The van der Waals surface area contributed by atoms with Gasteiger partial charge in [0.05, 0.1) is 0 Å². The minimum atomic E-state index is -0.173. The number of nitrogens with zero attached hydrogens (tertiary/aromatic N) is 1. The summed E-state index contributed by atoms with van der Waals surface area (Å²) in [6.07, 6.45) is 31.0. The van der Waals surface area contributed by atoms with Crippen molar-refractivity contribution in [1.82, 2.24) is 0 Å². The monoisotopic (exact) mass is 947 g/mol. The van der Waals surface area contributed by atoms with Crippen molar-refractivity contribution in [2.45, 2.75) is 243 Å². The third kappa shape index (κ3) is 51.5. The SMILES string of the molecule is C/C=C\C(=C/CC)CC.C=C.C=C.C=CC1CCC(C)CC1.C=CN=C(N)C(C(=C)C1(C)C=CC(C(C)c2ccccc2)=CC1)=C(C)C.CC.CC.CC.CC.CC.CC.CCCC.CCCC. The van der Waals surface area contributed by atoms with Crippen molar-refractivity contribution in [1.29, 1.82) is 0 Å². The van der Waals surface area contributed by atoms with Crippen LogP contribution in [-0.2, 0) is 0 Å². The van der Waals surface area contributed by atoms with Gasteiger partial charge in [-0.1, -0.05) is 281 Å². The molecule has 0 spiro atoms. The lowest BCUT2D eigenvalue weighted by Gasteiger charge is -2.33. The van der Waals surface area contributed by atoms with Gasteiger partial charge in [-0.2, -0.15) is 0 Å². The molecule has 2 aliphatic rings. The van der Waals surface area contributed by atoms with Crippen LogP contribution in [0.25, 0.3) is 0 Å². The van der Waals surface area contributed by atoms with Crippen molar-refractivity contribution >= 4 is 5.84 Å². The Morgan fingerprint density at radius 2 is 1.18 bits per heavy atom. The molecule has 0 aromatic heterocycles. The van der Waals surface area contributed by atoms with E-state index < -0.39 is 0 Å². The van der Waals surface area contributed by atoms with Gasteiger partial charge in [0, 0.05) is 23.1 Å². The van der Waals surface area contributed by atoms with E-state index in [1.54, 1.807) is 0 Å². The van der Waals surface area contributed by atoms with Crippen molar-refractivity contribution in [3.8, 4) is 0 Å². The molecule has 68 heavy (non-hydrogen) atoms. The van der Waals surface area contributed by atoms with Crippen LogP contribution in [0.15, 0.2) is 158 Å². The molecule has 2 nitrogen and oxygen atoms in total. The number of aliphatic imine (C=N–C) groups is 1. The molecule has 0 saturated heterocycles. The maximum Gasteiger partial charge on any atom is 0.130 e. The highest BCUT2D eigenvalue weighted by Gasteiger charge is 2.30. The molecule has 1 aromatic rings. The molecule has 0 aliphatic heterocycles. The molecule has 1 saturated carbocycles. The zero-order valence-corrected chi connectivity index (χ0v) is 51.0. The first-order valence-corrected chi connectivity index (χ1v) is 27.5. The van der Waals surface area contributed by atoms with Crippen molar-refractivity contribution in [3.05, 3.63) is 159 Å². The molecular weight excluding hydrogens is 821 g/mol. The van der Waals surface area contributed by atoms with Crippen LogP contribution in [0.2, 0.25) is 0 Å². The molecule has 0 radical (unpaired) electrons. The summed E-state index contributed by atoms with van der Waals surface area (Å²) in [5, 5.41) is 0. The first-order valence-electron chi connectivity index (χ1n) is 27.5. The van der Waals surface area contributed by atoms with Gasteiger partial charge in [0.15, 0.2) is 0 Å². The number of hydrogen-bond donors (Lipinski definition) is 1. The third-order valence-electron chi connectivity index (χ3n) is 9.83. The number of nitrogens with two attached hydrogens (primary N) is 1. The van der Waals surface area contributed by atoms with Gasteiger partial charge in [0.25, 0.3) is 0 Å². The fourth-order valence-corrected chi connectivity index (χ4v) is 5.71. The van der Waals surface area contributed by atoms with Crippen LogP contribution in [0.3, 0.4) is 0 Å². The van der Waals surface area contributed by atoms with E-state index in [4.69, 9.17) is 5.73 Å². The van der Waals surface area contributed by atoms with Crippen LogP contribution in [0.1, 0.15) is 248 Å². The summed E-state index contributed by atoms with van der Waals surface area (Å²) in [7, 11) is 0. The number of benzene rings is 1. The fraction of sp³-hybridized carbons (Fsp3) is 0.591. The van der Waals surface area contributed by atoms with Crippen LogP contribution in [0.5, 0.6) is 0 Å². The van der Waals surface area contributed by atoms with E-state index in [2.05, 4.69) is 193 Å². The average molecular weight is 948 g/mol. The third-order valence-corrected chi connectivity index (χ3v) is 9.83. The van der Waals surface area contributed by atoms with E-state index in [-0.39, 0.29) is 5.41 Å². The Kier molecular flexibility index (Phi) is 95.7. The molecule has 0 bridgehead atoms. The molecule has 2 heteroatoms. The molecular formula is C66H126N2. The van der Waals surface area contributed by atoms with E-state index in [0.717, 1.165) is 47.8 Å². The summed E-state index contributed by atoms with van der Waals surface area (Å²) >= 11 is 0. The van der Waals surface area contributed by atoms with E-state index in [1.165, 1.54) is 74.3 Å². The average Bonchev–Trinajstić information content (AvgIpc) is 3.42. The lowest BCUT2D eigenvalue weighted by Crippen LogP contribution is -2.26. The number of amidine groups is 1. The number of allylic oxidation sites excluding steroid dienone is 10. The van der Waals surface area contributed by atoms with Crippen LogP contribution in [0, 0.1) is 17.3 Å². The molecule has 2 unspecified atom stereocenters. The minimum absolute atomic E-state index is 0.173. The summed E-state index contributed by atoms with van der Waals surface area (Å²) < 4.78 is 0. The van der Waals surface area contributed by atoms with Gasteiger partial charge in [-0.25, -0.2) is 4.99 Å². The van der Waals surface area contributed by atoms with Crippen LogP contribution < -0.4 is 5.73 Å². The van der Waals surface area contributed by atoms with Gasteiger partial charge in [0.1, 0.15) is 5.84 Å². The molecule has 1 fully saturated rings. The van der Waals surface area contributed by atoms with Crippen molar-refractivity contribution in [2.24, 2.45) is 28.0 Å². The fourth-order valence-electron chi connectivity index (χ4n) is 5.71. The molecule has 3 rings (SSSR count). The molecule has 0 heterocycles. The topological polar surface area (TPSA) is 38.4 Å². The molecule has 1 aromatic carbocycles. The number of rotatable bonds is 12. The van der Waals surface area contributed by atoms with Crippen molar-refractivity contribution in [3.63, 3.8) is 0 Å². The Morgan fingerprint density at radius 3 is 1.47 bits per heavy atom. The number of hydrogen-bond acceptors (Lipinski definition) is 1. The minimum Gasteiger partial charge on any atom is -0.383 e. The van der Waals surface area contributed by atoms with Crippen molar-refractivity contribution < 1.29 is 0 Å². The van der Waals surface area contributed by atoms with Crippen LogP contribution in [-0.4, -0.2) is 5.84 Å². The van der Waals surface area contributed by atoms with Crippen molar-refractivity contribution in [2.75, 3.05) is 0 Å². The maximum atomic E-state index is 6.17. The van der Waals surface area contributed by atoms with E-state index in [1.807, 2.05) is 96.9 Å². The second kappa shape index (κ2) is 74.6. The highest BCUT2D eigenvalue weighted by Crippen LogP contribution is 2.42. The standard InChI is InChI=1S/C24H30N2.2C9H16.2C4H10.6C2H6.2C2H4/c1-7-26-23(25)22(17(2)3)19(5)24(6)15-13-21(14-16-24)18(4)20-11-9-8-10-12-20;1-3-9-6-4-8(2)5-7-9;1-4-7-9(6-3)8-5-2;2*1-3-4-2;8*1-2/h7-15,18H,1,5,16H2,2-4,6H3,(H2,25,26);3,8-9H,1,4-7H2,2H3;4,7-8H,5-6H2,1-3H3;2*3-4H2,1-2H3;6*1-2H3;2*1-2H2/b;;7-4-,9-8-;;;;;;;;;;. The first-order chi connectivity index (χ1) is 32.8. The molecule has 2 N–H and O–H groups in total. The summed E-state index contributed by atoms with van der Waals surface area (Å²) in [6, 6.07) is 10.6. The summed E-state index contributed by atoms with van der Waals surface area (Å²) in [5.74, 6) is 2.66. The molecule has 2 atom stereocenters. The maximum absolute atomic E-state index is 6.17. The smallest absolute Gasteiger partial charge is 0.130 e. The largest absolute Gasteiger partial charge is 0.383 e. The highest BCUT2D eigenvalue weighted by molar-refractivity contribution is 6.02. The zero-order chi connectivity index (χ0) is 56.0. The second-order valence-corrected chi connectivity index (χ2v) is 14.6. The Morgan fingerprint density at radius 1 is 0.750 bits per heavy atom. The summed E-state index contributed by atoms with van der Waals surface area (Å²) in [6.45, 7) is 73.8. The predicted molar refractivity (Wildman–Crippen MR) is 331 cm³/mol. The Hall–Kier alpha value is -3.91. The second-order valence-electron chi connectivity index (χ2n) is 14.6. The quantitative estimate of drug-likeness (QED) is 0.0964. The molecule has 400 valence electrons. The normalized spacial score (nSPS) is 16.0. The Labute approximate surface area is 433 Å². The molecule has 0 amide bonds. The summed E-state index contributed by atoms with van der Waals surface area (Å²) in [4.78, 5) is 4.18. The van der Waals surface area contributed by atoms with Gasteiger partial charge in [-0.05, 0) is 81.4 Å². The number of unbranched alkanes of at least 4 members (excludes halogenated alkanes) is 2. The lowest BCUT2D eigenvalue weighted by molar-refractivity contribution is 0.331. The Balaban J connectivity index is -0.0000000831. The van der Waals surface area contributed by atoms with Crippen LogP contribution >= 0.6 is 0 Å². The Bertz CT molecular complexity index is 1310. The molecule has 2 aliphatic carbocycles. The van der Waals surface area contributed by atoms with Crippen LogP contribution in [0.4, 0.5) is 0 Å². The van der Waals surface area contributed by atoms with E-state index in [9.17, 15) is 0 Å². The van der Waals surface area contributed by atoms with Gasteiger partial charge < -0.3 is 5.73 Å². The van der Waals surface area contributed by atoms with Gasteiger partial charge in [0.2, 0.25) is 0 Å². The van der Waals surface area contributed by atoms with Gasteiger partial charge in [-0.3, -0.25) is 0 Å². The summed E-state index contributed by atoms with van der Waals surface area (Å²) in [5.41, 5.74) is 13.2. The lowest BCUT2D eigenvalue weighted by atomic mass is 9.71. The van der Waals surface area contributed by atoms with Gasteiger partial charge in [-0.15, -0.1) is 32.9 Å². The van der Waals surface area contributed by atoms with E-state index >= 15 is 0 Å². The predicted octanol–water partition coefficient (Wildman–Crippen LogP) is 23.8. The van der Waals surface area contributed by atoms with Gasteiger partial charge >= 0.3 is 0 Å². The zero-order valence-electron chi connectivity index (χ0n) is 51.0. The van der Waals surface area contributed by atoms with E-state index in [0.29, 0.717) is 11.8 Å². The first kappa shape index (κ1) is 87.2.